The third kappa shape index (κ3) is 3.81. The Morgan fingerprint density at radius 1 is 1.22 bits per heavy atom. The second-order valence-corrected chi connectivity index (χ2v) is 5.93. The van der Waals surface area contributed by atoms with Gasteiger partial charge in [0.15, 0.2) is 0 Å². The molecule has 23 heavy (non-hydrogen) atoms. The van der Waals surface area contributed by atoms with Gasteiger partial charge in [0.25, 0.3) is 0 Å². The zero-order valence-corrected chi connectivity index (χ0v) is 14.0. The summed E-state index contributed by atoms with van der Waals surface area (Å²) in [5, 5.41) is 15.0. The van der Waals surface area contributed by atoms with Crippen LogP contribution < -0.4 is 5.32 Å². The van der Waals surface area contributed by atoms with Crippen LogP contribution in [0.2, 0.25) is 0 Å². The van der Waals surface area contributed by atoms with Crippen molar-refractivity contribution in [2.24, 2.45) is 0 Å². The molecule has 0 atom stereocenters. The Balaban J connectivity index is 1.68. The van der Waals surface area contributed by atoms with Crippen molar-refractivity contribution in [2.45, 2.75) is 13.5 Å². The molecule has 0 radical (unpaired) electrons. The summed E-state index contributed by atoms with van der Waals surface area (Å²) in [7, 11) is 0. The van der Waals surface area contributed by atoms with Crippen molar-refractivity contribution in [1.29, 1.82) is 0 Å². The summed E-state index contributed by atoms with van der Waals surface area (Å²) >= 11 is 3.40. The van der Waals surface area contributed by atoms with Crippen LogP contribution in [0.1, 0.15) is 5.56 Å². The molecule has 116 valence electrons. The first-order valence-electron chi connectivity index (χ1n) is 7.01. The van der Waals surface area contributed by atoms with E-state index in [9.17, 15) is 4.79 Å². The van der Waals surface area contributed by atoms with Crippen molar-refractivity contribution >= 4 is 27.5 Å². The van der Waals surface area contributed by atoms with Crippen LogP contribution >= 0.6 is 15.9 Å². The number of carbonyl (C=O) groups is 1. The maximum absolute atomic E-state index is 12.1. The quantitative estimate of drug-likeness (QED) is 0.764. The van der Waals surface area contributed by atoms with Gasteiger partial charge in [-0.3, -0.25) is 4.79 Å². The topological polar surface area (TPSA) is 72.7 Å². The van der Waals surface area contributed by atoms with Crippen LogP contribution in [-0.4, -0.2) is 26.1 Å². The standard InChI is InChI=1S/C16H14BrN5O/c1-11-9-13(17)7-8-14(11)18-15(23)10-22-20-16(19-21-22)12-5-3-2-4-6-12/h2-9H,10H2,1H3,(H,18,23). The number of rotatable bonds is 4. The van der Waals surface area contributed by atoms with E-state index in [1.165, 1.54) is 4.80 Å². The molecule has 0 spiro atoms. The second kappa shape index (κ2) is 6.70. The van der Waals surface area contributed by atoms with Crippen molar-refractivity contribution < 1.29 is 4.79 Å². The smallest absolute Gasteiger partial charge is 0.248 e. The highest BCUT2D eigenvalue weighted by atomic mass is 79.9. The molecule has 1 N–H and O–H groups in total. The molecule has 0 aliphatic heterocycles. The second-order valence-electron chi connectivity index (χ2n) is 5.02. The Kier molecular flexibility index (Phi) is 4.47. The van der Waals surface area contributed by atoms with Gasteiger partial charge < -0.3 is 5.32 Å². The SMILES string of the molecule is Cc1cc(Br)ccc1NC(=O)Cn1nnc(-c2ccccc2)n1. The van der Waals surface area contributed by atoms with Crippen molar-refractivity contribution in [1.82, 2.24) is 20.2 Å². The van der Waals surface area contributed by atoms with Gasteiger partial charge in [0.05, 0.1) is 0 Å². The van der Waals surface area contributed by atoms with Crippen LogP contribution in [0, 0.1) is 6.92 Å². The van der Waals surface area contributed by atoms with Gasteiger partial charge in [-0.15, -0.1) is 10.2 Å². The van der Waals surface area contributed by atoms with Crippen molar-refractivity contribution in [3.63, 3.8) is 0 Å². The van der Waals surface area contributed by atoms with Gasteiger partial charge in [-0.1, -0.05) is 46.3 Å². The zero-order chi connectivity index (χ0) is 16.2. The van der Waals surface area contributed by atoms with Gasteiger partial charge in [-0.2, -0.15) is 4.80 Å². The lowest BCUT2D eigenvalue weighted by Gasteiger charge is -2.08. The van der Waals surface area contributed by atoms with Gasteiger partial charge in [0.1, 0.15) is 6.54 Å². The highest BCUT2D eigenvalue weighted by Gasteiger charge is 2.10. The van der Waals surface area contributed by atoms with Crippen molar-refractivity contribution in [2.75, 3.05) is 5.32 Å². The Bertz CT molecular complexity index is 831. The number of halogens is 1. The lowest BCUT2D eigenvalue weighted by molar-refractivity contribution is -0.117. The molecule has 0 fully saturated rings. The first-order valence-corrected chi connectivity index (χ1v) is 7.80. The molecular formula is C16H14BrN5O. The number of aromatic nitrogens is 4. The molecule has 1 aromatic heterocycles. The number of benzene rings is 2. The van der Waals surface area contributed by atoms with Crippen LogP contribution in [0.3, 0.4) is 0 Å². The summed E-state index contributed by atoms with van der Waals surface area (Å²) in [6.07, 6.45) is 0. The van der Waals surface area contributed by atoms with E-state index in [1.807, 2.05) is 55.5 Å². The molecule has 0 saturated carbocycles. The normalized spacial score (nSPS) is 10.5. The van der Waals surface area contributed by atoms with Gasteiger partial charge in [-0.05, 0) is 35.9 Å². The van der Waals surface area contributed by atoms with Crippen LogP contribution in [0.15, 0.2) is 53.0 Å². The van der Waals surface area contributed by atoms with Gasteiger partial charge >= 0.3 is 0 Å². The molecule has 0 unspecified atom stereocenters. The fourth-order valence-electron chi connectivity index (χ4n) is 2.10. The first kappa shape index (κ1) is 15.4. The van der Waals surface area contributed by atoms with E-state index in [4.69, 9.17) is 0 Å². The van der Waals surface area contributed by atoms with E-state index in [0.717, 1.165) is 21.3 Å². The first-order chi connectivity index (χ1) is 11.1. The summed E-state index contributed by atoms with van der Waals surface area (Å²) < 4.78 is 0.971. The predicted molar refractivity (Wildman–Crippen MR) is 90.8 cm³/mol. The summed E-state index contributed by atoms with van der Waals surface area (Å²) in [6, 6.07) is 15.2. The van der Waals surface area contributed by atoms with E-state index in [0.29, 0.717) is 5.82 Å². The number of aryl methyl sites for hydroxylation is 1. The highest BCUT2D eigenvalue weighted by molar-refractivity contribution is 9.10. The minimum atomic E-state index is -0.201. The molecule has 3 rings (SSSR count). The number of hydrogen-bond acceptors (Lipinski definition) is 4. The Morgan fingerprint density at radius 3 is 2.74 bits per heavy atom. The number of anilines is 1. The molecule has 6 nitrogen and oxygen atoms in total. The summed E-state index contributed by atoms with van der Waals surface area (Å²) in [5.74, 6) is 0.297. The van der Waals surface area contributed by atoms with E-state index in [1.54, 1.807) is 0 Å². The van der Waals surface area contributed by atoms with E-state index >= 15 is 0 Å². The van der Waals surface area contributed by atoms with E-state index in [2.05, 4.69) is 36.7 Å². The van der Waals surface area contributed by atoms with E-state index in [-0.39, 0.29) is 12.5 Å². The minimum absolute atomic E-state index is 0.00926. The monoisotopic (exact) mass is 371 g/mol. The third-order valence-corrected chi connectivity index (χ3v) is 3.73. The maximum Gasteiger partial charge on any atom is 0.248 e. The average Bonchev–Trinajstić information content (AvgIpc) is 2.99. The lowest BCUT2D eigenvalue weighted by atomic mass is 10.2. The Hall–Kier alpha value is -2.54. The number of nitrogens with one attached hydrogen (secondary N) is 1. The largest absolute Gasteiger partial charge is 0.324 e. The lowest BCUT2D eigenvalue weighted by Crippen LogP contribution is -2.20. The molecule has 0 aliphatic rings. The summed E-state index contributed by atoms with van der Waals surface area (Å²) in [5.41, 5.74) is 2.61. The molecule has 1 amide bonds. The predicted octanol–water partition coefficient (Wildman–Crippen LogP) is 3.05. The van der Waals surface area contributed by atoms with Gasteiger partial charge in [0.2, 0.25) is 11.7 Å². The number of hydrogen-bond donors (Lipinski definition) is 1. The van der Waals surface area contributed by atoms with Gasteiger partial charge in [-0.25, -0.2) is 0 Å². The van der Waals surface area contributed by atoms with Crippen LogP contribution in [0.25, 0.3) is 11.4 Å². The summed E-state index contributed by atoms with van der Waals surface area (Å²) in [4.78, 5) is 13.4. The molecule has 1 heterocycles. The Labute approximate surface area is 141 Å². The van der Waals surface area contributed by atoms with Crippen LogP contribution in [0.5, 0.6) is 0 Å². The number of nitrogens with zero attached hydrogens (tertiary/aromatic N) is 4. The van der Waals surface area contributed by atoms with E-state index < -0.39 is 0 Å². The molecule has 0 saturated heterocycles. The Morgan fingerprint density at radius 2 is 2.00 bits per heavy atom. The molecule has 3 aromatic rings. The van der Waals surface area contributed by atoms with Crippen LogP contribution in [-0.2, 0) is 11.3 Å². The fraction of sp³-hybridized carbons (Fsp3) is 0.125. The zero-order valence-electron chi connectivity index (χ0n) is 12.4. The maximum atomic E-state index is 12.1. The minimum Gasteiger partial charge on any atom is -0.324 e. The molecule has 0 bridgehead atoms. The van der Waals surface area contributed by atoms with Crippen molar-refractivity contribution in [3.8, 4) is 11.4 Å². The van der Waals surface area contributed by atoms with Crippen LogP contribution in [0.4, 0.5) is 5.69 Å². The third-order valence-electron chi connectivity index (χ3n) is 3.23. The number of amides is 1. The average molecular weight is 372 g/mol. The number of carbonyl (C=O) groups excluding carboxylic acids is 1. The van der Waals surface area contributed by atoms with Crippen molar-refractivity contribution in [3.05, 3.63) is 58.6 Å². The molecule has 0 aliphatic carbocycles. The molecule has 7 heteroatoms. The molecular weight excluding hydrogens is 358 g/mol. The highest BCUT2D eigenvalue weighted by Crippen LogP contribution is 2.20. The molecule has 2 aromatic carbocycles. The summed E-state index contributed by atoms with van der Waals surface area (Å²) in [6.45, 7) is 1.94. The number of tetrazole rings is 1. The van der Waals surface area contributed by atoms with Gasteiger partial charge in [0, 0.05) is 15.7 Å². The fourth-order valence-corrected chi connectivity index (χ4v) is 2.57.